The van der Waals surface area contributed by atoms with Crippen molar-refractivity contribution in [3.63, 3.8) is 0 Å². The lowest BCUT2D eigenvalue weighted by Crippen LogP contribution is -2.23. The standard InChI is InChI=1S/C28H30N4O4/c1-32(2)10-11-36-28-22-16-30-9-7-19(22)25-20(12-17-6-8-29-15-21(17)26(25)31-28)18-13-23(33-3)27(35-5)24(14-18)34-4/h6-9,12-17,21H,10-11H2,1-5H3. The van der Waals surface area contributed by atoms with Crippen molar-refractivity contribution in [3.05, 3.63) is 65.8 Å². The van der Waals surface area contributed by atoms with E-state index in [0.29, 0.717) is 29.7 Å². The summed E-state index contributed by atoms with van der Waals surface area (Å²) in [6, 6.07) is 5.98. The Labute approximate surface area is 210 Å². The number of ether oxygens (including phenoxy) is 4. The highest BCUT2D eigenvalue weighted by Crippen LogP contribution is 2.48. The van der Waals surface area contributed by atoms with E-state index >= 15 is 0 Å². The Bertz CT molecular complexity index is 1350. The van der Waals surface area contributed by atoms with Gasteiger partial charge in [-0.25, -0.2) is 4.98 Å². The number of fused-ring (bicyclic) bond motifs is 5. The van der Waals surface area contributed by atoms with Crippen LogP contribution in [0.15, 0.2) is 53.9 Å². The number of pyridine rings is 2. The number of nitrogens with zero attached hydrogens (tertiary/aromatic N) is 4. The minimum Gasteiger partial charge on any atom is -0.493 e. The molecule has 36 heavy (non-hydrogen) atoms. The first-order chi connectivity index (χ1) is 17.5. The number of likely N-dealkylation sites (N-methyl/N-ethyl adjacent to an activating group) is 1. The van der Waals surface area contributed by atoms with Gasteiger partial charge in [-0.3, -0.25) is 9.98 Å². The van der Waals surface area contributed by atoms with Crippen LogP contribution in [0.2, 0.25) is 0 Å². The fourth-order valence-corrected chi connectivity index (χ4v) is 4.78. The highest BCUT2D eigenvalue weighted by Gasteiger charge is 2.33. The molecule has 2 aliphatic rings. The Kier molecular flexibility index (Phi) is 6.61. The second-order valence-electron chi connectivity index (χ2n) is 8.99. The van der Waals surface area contributed by atoms with Gasteiger partial charge in [0.1, 0.15) is 6.61 Å². The molecule has 1 aliphatic carbocycles. The van der Waals surface area contributed by atoms with Crippen LogP contribution in [0.3, 0.4) is 0 Å². The van der Waals surface area contributed by atoms with Gasteiger partial charge in [0.25, 0.3) is 0 Å². The van der Waals surface area contributed by atoms with Gasteiger partial charge in [-0.05, 0) is 48.8 Å². The molecule has 8 nitrogen and oxygen atoms in total. The molecule has 0 bridgehead atoms. The summed E-state index contributed by atoms with van der Waals surface area (Å²) < 4.78 is 23.1. The Morgan fingerprint density at radius 2 is 1.78 bits per heavy atom. The summed E-state index contributed by atoms with van der Waals surface area (Å²) in [4.78, 5) is 16.0. The van der Waals surface area contributed by atoms with Crippen molar-refractivity contribution >= 4 is 22.6 Å². The van der Waals surface area contributed by atoms with E-state index in [1.807, 2.05) is 50.9 Å². The normalized spacial score (nSPS) is 18.0. The summed E-state index contributed by atoms with van der Waals surface area (Å²) in [6.45, 7) is 1.31. The van der Waals surface area contributed by atoms with Crippen LogP contribution in [0.5, 0.6) is 23.1 Å². The zero-order chi connectivity index (χ0) is 25.2. The SMILES string of the molecule is COc1cc(C2=CC3C=CN=CC3c3nc(OCCN(C)C)c4cnccc4c32)cc(OC)c1OC. The van der Waals surface area contributed by atoms with E-state index in [1.54, 1.807) is 27.5 Å². The van der Waals surface area contributed by atoms with E-state index in [4.69, 9.17) is 23.9 Å². The summed E-state index contributed by atoms with van der Waals surface area (Å²) >= 11 is 0. The van der Waals surface area contributed by atoms with Gasteiger partial charge in [0.05, 0.1) is 32.4 Å². The van der Waals surface area contributed by atoms with E-state index in [1.165, 1.54) is 0 Å². The molecule has 1 aromatic carbocycles. The van der Waals surface area contributed by atoms with Gasteiger partial charge >= 0.3 is 0 Å². The van der Waals surface area contributed by atoms with Crippen molar-refractivity contribution in [1.29, 1.82) is 0 Å². The Morgan fingerprint density at radius 1 is 1.00 bits per heavy atom. The first kappa shape index (κ1) is 23.8. The van der Waals surface area contributed by atoms with Gasteiger partial charge in [0, 0.05) is 48.8 Å². The lowest BCUT2D eigenvalue weighted by atomic mass is 9.75. The molecule has 2 unspecified atom stereocenters. The minimum atomic E-state index is 0.00422. The fourth-order valence-electron chi connectivity index (χ4n) is 4.78. The predicted octanol–water partition coefficient (Wildman–Crippen LogP) is 4.34. The lowest BCUT2D eigenvalue weighted by molar-refractivity contribution is 0.256. The first-order valence-corrected chi connectivity index (χ1v) is 11.8. The van der Waals surface area contributed by atoms with Gasteiger partial charge < -0.3 is 23.8 Å². The molecule has 0 saturated carbocycles. The maximum Gasteiger partial charge on any atom is 0.223 e. The van der Waals surface area contributed by atoms with Gasteiger partial charge in [-0.2, -0.15) is 0 Å². The van der Waals surface area contributed by atoms with Gasteiger partial charge in [-0.1, -0.05) is 12.2 Å². The van der Waals surface area contributed by atoms with Crippen molar-refractivity contribution < 1.29 is 18.9 Å². The Balaban J connectivity index is 1.74. The van der Waals surface area contributed by atoms with Crippen LogP contribution in [-0.2, 0) is 0 Å². The third kappa shape index (κ3) is 4.18. The average Bonchev–Trinajstić information content (AvgIpc) is 2.91. The average molecular weight is 487 g/mol. The van der Waals surface area contributed by atoms with Crippen LogP contribution in [0.4, 0.5) is 0 Å². The van der Waals surface area contributed by atoms with E-state index in [0.717, 1.165) is 39.7 Å². The van der Waals surface area contributed by atoms with Crippen LogP contribution in [-0.4, -0.2) is 69.7 Å². The molecule has 186 valence electrons. The van der Waals surface area contributed by atoms with Crippen LogP contribution >= 0.6 is 0 Å². The van der Waals surface area contributed by atoms with Crippen LogP contribution in [0.25, 0.3) is 16.3 Å². The molecular formula is C28H30N4O4. The molecule has 0 N–H and O–H groups in total. The highest BCUT2D eigenvalue weighted by molar-refractivity contribution is 6.02. The van der Waals surface area contributed by atoms with Crippen molar-refractivity contribution in [2.75, 3.05) is 48.6 Å². The quantitative estimate of drug-likeness (QED) is 0.469. The molecule has 1 aliphatic heterocycles. The second kappa shape index (κ2) is 9.99. The summed E-state index contributed by atoms with van der Waals surface area (Å²) in [5, 5.41) is 1.89. The van der Waals surface area contributed by atoms with Crippen molar-refractivity contribution in [3.8, 4) is 23.1 Å². The topological polar surface area (TPSA) is 78.3 Å². The van der Waals surface area contributed by atoms with Crippen LogP contribution < -0.4 is 18.9 Å². The third-order valence-corrected chi connectivity index (χ3v) is 6.55. The van der Waals surface area contributed by atoms with E-state index in [2.05, 4.69) is 27.0 Å². The van der Waals surface area contributed by atoms with Gasteiger partial charge in [0.2, 0.25) is 11.6 Å². The molecular weight excluding hydrogens is 456 g/mol. The molecule has 0 saturated heterocycles. The summed E-state index contributed by atoms with van der Waals surface area (Å²) in [7, 11) is 8.90. The van der Waals surface area contributed by atoms with Crippen molar-refractivity contribution in [2.24, 2.45) is 10.9 Å². The first-order valence-electron chi connectivity index (χ1n) is 11.8. The predicted molar refractivity (Wildman–Crippen MR) is 141 cm³/mol. The number of rotatable bonds is 8. The molecule has 5 rings (SSSR count). The molecule has 3 heterocycles. The van der Waals surface area contributed by atoms with Crippen molar-refractivity contribution in [1.82, 2.24) is 14.9 Å². The largest absolute Gasteiger partial charge is 0.493 e. The zero-order valence-electron chi connectivity index (χ0n) is 21.2. The number of hydrogen-bond acceptors (Lipinski definition) is 8. The molecule has 0 amide bonds. The fraction of sp³-hybridized carbons (Fsp3) is 0.321. The Morgan fingerprint density at radius 3 is 2.47 bits per heavy atom. The molecule has 2 aromatic heterocycles. The van der Waals surface area contributed by atoms with E-state index in [9.17, 15) is 0 Å². The van der Waals surface area contributed by atoms with Gasteiger partial charge in [-0.15, -0.1) is 0 Å². The molecule has 3 aromatic rings. The number of methoxy groups -OCH3 is 3. The molecule has 0 fully saturated rings. The van der Waals surface area contributed by atoms with Gasteiger partial charge in [0.15, 0.2) is 11.5 Å². The van der Waals surface area contributed by atoms with Crippen LogP contribution in [0, 0.1) is 5.92 Å². The van der Waals surface area contributed by atoms with Crippen LogP contribution in [0.1, 0.15) is 22.7 Å². The molecule has 0 radical (unpaired) electrons. The molecule has 0 spiro atoms. The number of hydrogen-bond donors (Lipinski definition) is 0. The number of aliphatic imine (C=N–C) groups is 1. The van der Waals surface area contributed by atoms with Crippen molar-refractivity contribution in [2.45, 2.75) is 5.92 Å². The monoisotopic (exact) mass is 486 g/mol. The summed E-state index contributed by atoms with van der Waals surface area (Å²) in [5.74, 6) is 2.45. The number of aromatic nitrogens is 2. The number of allylic oxidation sites excluding steroid dienone is 2. The third-order valence-electron chi connectivity index (χ3n) is 6.55. The lowest BCUT2D eigenvalue weighted by Gasteiger charge is -2.31. The highest BCUT2D eigenvalue weighted by atomic mass is 16.5. The Hall–Kier alpha value is -3.91. The van der Waals surface area contributed by atoms with E-state index in [-0.39, 0.29) is 11.8 Å². The van der Waals surface area contributed by atoms with E-state index < -0.39 is 0 Å². The smallest absolute Gasteiger partial charge is 0.223 e. The minimum absolute atomic E-state index is 0.00422. The summed E-state index contributed by atoms with van der Waals surface area (Å²) in [5.41, 5.74) is 3.94. The summed E-state index contributed by atoms with van der Waals surface area (Å²) in [6.07, 6.45) is 11.8. The number of benzene rings is 1. The maximum absolute atomic E-state index is 6.19. The molecule has 2 atom stereocenters. The zero-order valence-corrected chi connectivity index (χ0v) is 21.2. The second-order valence-corrected chi connectivity index (χ2v) is 8.99. The maximum atomic E-state index is 6.19. The molecule has 8 heteroatoms.